The Balaban J connectivity index is 0.000000176. The number of aromatic nitrogens is 6. The fourth-order valence-corrected chi connectivity index (χ4v) is 6.09. The first-order valence-electron chi connectivity index (χ1n) is 19.8. The van der Waals surface area contributed by atoms with Gasteiger partial charge >= 0.3 is 7.12 Å². The molecule has 0 atom stereocenters. The summed E-state index contributed by atoms with van der Waals surface area (Å²) in [5.74, 6) is 5.07. The van der Waals surface area contributed by atoms with Gasteiger partial charge in [0.05, 0.1) is 36.4 Å². The molecule has 0 saturated carbocycles. The average Bonchev–Trinajstić information content (AvgIpc) is 3.34. The summed E-state index contributed by atoms with van der Waals surface area (Å²) in [5, 5.41) is 50.1. The lowest BCUT2D eigenvalue weighted by Crippen LogP contribution is -2.29. The van der Waals surface area contributed by atoms with Crippen LogP contribution >= 0.6 is 11.6 Å². The fraction of sp³-hybridized carbons (Fsp3) is 0.130. The summed E-state index contributed by atoms with van der Waals surface area (Å²) in [4.78, 5) is 26.2. The minimum atomic E-state index is -1.40. The van der Waals surface area contributed by atoms with Gasteiger partial charge in [-0.25, -0.2) is 29.9 Å². The number of hydrogen-bond acceptors (Lipinski definition) is 16. The molecule has 18 heteroatoms. The van der Waals surface area contributed by atoms with Crippen molar-refractivity contribution in [2.24, 2.45) is 0 Å². The van der Waals surface area contributed by atoms with Crippen molar-refractivity contribution in [2.45, 2.75) is 0 Å². The smallest absolute Gasteiger partial charge is 0.488 e. The predicted octanol–water partition coefficient (Wildman–Crippen LogP) is 6.54. The summed E-state index contributed by atoms with van der Waals surface area (Å²) in [6.45, 7) is 2.58. The van der Waals surface area contributed by atoms with Gasteiger partial charge in [-0.3, -0.25) is 0 Å². The first kappa shape index (κ1) is 45.4. The summed E-state index contributed by atoms with van der Waals surface area (Å²) in [7, 11) is 1.80. The zero-order valence-corrected chi connectivity index (χ0v) is 35.5. The normalized spacial score (nSPS) is 10.2. The van der Waals surface area contributed by atoms with Gasteiger partial charge in [-0.15, -0.1) is 0 Å². The van der Waals surface area contributed by atoms with Gasteiger partial charge in [-0.2, -0.15) is 10.5 Å². The molecule has 6 N–H and O–H groups in total. The van der Waals surface area contributed by atoms with Crippen molar-refractivity contribution in [3.05, 3.63) is 150 Å². The predicted molar refractivity (Wildman–Crippen MR) is 251 cm³/mol. The van der Waals surface area contributed by atoms with Crippen molar-refractivity contribution in [3.8, 4) is 35.0 Å². The zero-order chi connectivity index (χ0) is 45.1. The van der Waals surface area contributed by atoms with Crippen molar-refractivity contribution >= 4 is 69.3 Å². The van der Waals surface area contributed by atoms with E-state index in [0.29, 0.717) is 60.2 Å². The molecule has 8 rings (SSSR count). The van der Waals surface area contributed by atoms with E-state index in [1.165, 1.54) is 6.20 Å². The van der Waals surface area contributed by atoms with E-state index in [4.69, 9.17) is 51.6 Å². The Morgan fingerprint density at radius 2 is 1.03 bits per heavy atom. The van der Waals surface area contributed by atoms with E-state index in [0.717, 1.165) is 50.6 Å². The van der Waals surface area contributed by atoms with Gasteiger partial charge in [0.15, 0.2) is 5.82 Å². The molecule has 0 amide bonds. The first-order valence-corrected chi connectivity index (χ1v) is 20.2. The van der Waals surface area contributed by atoms with E-state index < -0.39 is 7.12 Å². The summed E-state index contributed by atoms with van der Waals surface area (Å²) in [5.41, 5.74) is 4.14. The Morgan fingerprint density at radius 1 is 0.562 bits per heavy atom. The summed E-state index contributed by atoms with van der Waals surface area (Å²) in [6.07, 6.45) is 3.09. The quantitative estimate of drug-likeness (QED) is 0.0387. The molecule has 16 nitrogen and oxygen atoms in total. The topological polar surface area (TPSA) is 232 Å². The van der Waals surface area contributed by atoms with Crippen LogP contribution in [0.4, 0.5) is 23.3 Å². The Labute approximate surface area is 374 Å². The first-order chi connectivity index (χ1) is 31.3. The lowest BCUT2D eigenvalue weighted by molar-refractivity contribution is 0.414. The third-order valence-corrected chi connectivity index (χ3v) is 9.34. The van der Waals surface area contributed by atoms with E-state index in [1.54, 1.807) is 68.9 Å². The van der Waals surface area contributed by atoms with Crippen LogP contribution in [-0.4, -0.2) is 87.5 Å². The third kappa shape index (κ3) is 13.0. The number of hydrogen-bond donors (Lipinski definition) is 6. The van der Waals surface area contributed by atoms with Crippen LogP contribution < -0.4 is 36.2 Å². The highest BCUT2D eigenvalue weighted by Crippen LogP contribution is 2.26. The maximum absolute atomic E-state index is 8.85. The number of ether oxygens (including phenoxy) is 2. The Bertz CT molecular complexity index is 2830. The number of pyridine rings is 2. The lowest BCUT2D eigenvalue weighted by Gasteiger charge is -2.12. The molecule has 0 aliphatic heterocycles. The van der Waals surface area contributed by atoms with Crippen molar-refractivity contribution < 1.29 is 19.5 Å². The van der Waals surface area contributed by atoms with Crippen molar-refractivity contribution in [1.82, 2.24) is 29.9 Å². The molecule has 0 bridgehead atoms. The van der Waals surface area contributed by atoms with E-state index >= 15 is 0 Å². The van der Waals surface area contributed by atoms with Gasteiger partial charge in [0.1, 0.15) is 46.9 Å². The van der Waals surface area contributed by atoms with Crippen LogP contribution in [-0.2, 0) is 0 Å². The molecule has 320 valence electrons. The maximum atomic E-state index is 8.85. The van der Waals surface area contributed by atoms with E-state index in [2.05, 4.69) is 47.3 Å². The summed E-state index contributed by atoms with van der Waals surface area (Å²) < 4.78 is 10.1. The van der Waals surface area contributed by atoms with Gasteiger partial charge in [0, 0.05) is 54.9 Å². The number of nitriles is 2. The monoisotopic (exact) mass is 872 g/mol. The number of methoxy groups -OCH3 is 2. The highest BCUT2D eigenvalue weighted by Gasteiger charge is 2.11. The standard InChI is InChI=1S/C23H20N6O.C16H13ClN6.C7H9BO3/c1-30-18-9-7-17(8-10-18)22-28-20-5-3-2-4-19(20)23(29-22)26-13-12-25-21-11-6-16(14-24)15-27-21;17-16-22-13-4-2-1-3-12(13)15(23-16)20-8-7-19-14-6-5-11(9-18)10-21-14;1-11-7-4-2-6(3-5-7)8(9)10/h2-11,15H,12-13H2,1H3,(H,25,27)(H,26,28,29);1-6,10H,7-8H2,(H,19,21)(H,20,22,23);2-5,9-10H,1H3. The van der Waals surface area contributed by atoms with Gasteiger partial charge in [-0.1, -0.05) is 36.4 Å². The van der Waals surface area contributed by atoms with Crippen LogP contribution in [0.3, 0.4) is 0 Å². The Hall–Kier alpha value is -8.09. The highest BCUT2D eigenvalue weighted by atomic mass is 35.5. The number of halogens is 1. The van der Waals surface area contributed by atoms with Crippen LogP contribution in [0.2, 0.25) is 5.28 Å². The average molecular weight is 873 g/mol. The molecule has 4 aromatic heterocycles. The number of rotatable bonds is 14. The molecular weight excluding hydrogens is 831 g/mol. The SMILES string of the molecule is COc1ccc(-c2nc(NCCNc3ccc(C#N)cn3)c3ccccc3n2)cc1.COc1ccc(B(O)O)cc1.N#Cc1ccc(NCCNc2nc(Cl)nc3ccccc23)nc1. The Morgan fingerprint density at radius 3 is 1.50 bits per heavy atom. The lowest BCUT2D eigenvalue weighted by atomic mass is 9.80. The van der Waals surface area contributed by atoms with Crippen LogP contribution in [0.25, 0.3) is 33.2 Å². The molecule has 0 spiro atoms. The molecule has 8 aromatic rings. The molecule has 4 aromatic carbocycles. The largest absolute Gasteiger partial charge is 0.497 e. The van der Waals surface area contributed by atoms with Gasteiger partial charge in [0.25, 0.3) is 0 Å². The number of nitrogens with zero attached hydrogens (tertiary/aromatic N) is 8. The van der Waals surface area contributed by atoms with Gasteiger partial charge in [0.2, 0.25) is 5.28 Å². The molecule has 0 radical (unpaired) electrons. The van der Waals surface area contributed by atoms with E-state index in [9.17, 15) is 0 Å². The van der Waals surface area contributed by atoms with Crippen molar-refractivity contribution in [3.63, 3.8) is 0 Å². The number of fused-ring (bicyclic) bond motifs is 2. The van der Waals surface area contributed by atoms with Gasteiger partial charge in [-0.05, 0) is 102 Å². The minimum absolute atomic E-state index is 0.216. The number of para-hydroxylation sites is 2. The summed E-state index contributed by atoms with van der Waals surface area (Å²) >= 11 is 5.95. The zero-order valence-electron chi connectivity index (χ0n) is 34.8. The molecule has 0 unspecified atom stereocenters. The molecule has 64 heavy (non-hydrogen) atoms. The van der Waals surface area contributed by atoms with Crippen molar-refractivity contribution in [1.29, 1.82) is 10.5 Å². The molecule has 0 aliphatic carbocycles. The van der Waals surface area contributed by atoms with Crippen LogP contribution in [0.1, 0.15) is 11.1 Å². The third-order valence-electron chi connectivity index (χ3n) is 9.17. The molecule has 0 saturated heterocycles. The number of nitrogens with one attached hydrogen (secondary N) is 4. The summed E-state index contributed by atoms with van der Waals surface area (Å²) in [6, 6.07) is 41.0. The second-order valence-corrected chi connectivity index (χ2v) is 13.8. The van der Waals surface area contributed by atoms with E-state index in [-0.39, 0.29) is 5.28 Å². The second-order valence-electron chi connectivity index (χ2n) is 13.4. The molecule has 0 aliphatic rings. The van der Waals surface area contributed by atoms with Gasteiger partial charge < -0.3 is 40.8 Å². The molecule has 0 fully saturated rings. The maximum Gasteiger partial charge on any atom is 0.488 e. The fourth-order valence-electron chi connectivity index (χ4n) is 5.91. The Kier molecular flexibility index (Phi) is 16.5. The molecule has 4 heterocycles. The van der Waals surface area contributed by atoms with Crippen molar-refractivity contribution in [2.75, 3.05) is 61.7 Å². The van der Waals surface area contributed by atoms with Crippen LogP contribution in [0.15, 0.2) is 134 Å². The minimum Gasteiger partial charge on any atom is -0.497 e. The molecular formula is C46H42BClN12O4. The van der Waals surface area contributed by atoms with Crippen LogP contribution in [0.5, 0.6) is 11.5 Å². The second kappa shape index (κ2) is 23.2. The number of benzene rings is 4. The van der Waals surface area contributed by atoms with E-state index in [1.807, 2.05) is 78.9 Å². The highest BCUT2D eigenvalue weighted by molar-refractivity contribution is 6.58. The van der Waals surface area contributed by atoms with Crippen LogP contribution in [0, 0.1) is 22.7 Å². The number of anilines is 4.